The predicted octanol–water partition coefficient (Wildman–Crippen LogP) is 3.23. The average Bonchev–Trinajstić information content (AvgIpc) is 2.80. The van der Waals surface area contributed by atoms with Crippen molar-refractivity contribution in [2.45, 2.75) is 24.7 Å². The van der Waals surface area contributed by atoms with E-state index in [1.165, 1.54) is 20.9 Å². The van der Waals surface area contributed by atoms with Crippen LogP contribution in [0.2, 0.25) is 0 Å². The van der Waals surface area contributed by atoms with E-state index in [0.29, 0.717) is 0 Å². The Kier molecular flexibility index (Phi) is 6.42. The SMILES string of the molecule is CC1=C(CCCN2CCNCC2)c2ccccc2S1=C=O.Cl. The molecular weight excluding hydrogens is 316 g/mol. The molecule has 0 spiro atoms. The Morgan fingerprint density at radius 1 is 1.27 bits per heavy atom. The van der Waals surface area contributed by atoms with Crippen molar-refractivity contribution in [3.8, 4) is 0 Å². The maximum Gasteiger partial charge on any atom is 0.165 e. The number of nitrogens with one attached hydrogen (secondary N) is 1. The van der Waals surface area contributed by atoms with E-state index in [4.69, 9.17) is 0 Å². The van der Waals surface area contributed by atoms with Gasteiger partial charge in [-0.25, -0.2) is 4.79 Å². The summed E-state index contributed by atoms with van der Waals surface area (Å²) in [6, 6.07) is 8.33. The highest BCUT2D eigenvalue weighted by Gasteiger charge is 2.23. The minimum Gasteiger partial charge on any atom is -0.314 e. The van der Waals surface area contributed by atoms with Crippen LogP contribution in [0.15, 0.2) is 34.1 Å². The second-order valence-electron chi connectivity index (χ2n) is 5.62. The molecule has 2 aliphatic heterocycles. The van der Waals surface area contributed by atoms with Gasteiger partial charge in [0.25, 0.3) is 0 Å². The maximum absolute atomic E-state index is 11.3. The van der Waals surface area contributed by atoms with Crippen molar-refractivity contribution in [2.24, 2.45) is 0 Å². The first-order valence-electron chi connectivity index (χ1n) is 7.65. The summed E-state index contributed by atoms with van der Waals surface area (Å²) in [5.41, 5.74) is 2.66. The van der Waals surface area contributed by atoms with E-state index >= 15 is 0 Å². The lowest BCUT2D eigenvalue weighted by Gasteiger charge is -2.27. The first kappa shape index (κ1) is 17.5. The van der Waals surface area contributed by atoms with E-state index in [2.05, 4.69) is 40.6 Å². The van der Waals surface area contributed by atoms with Gasteiger partial charge in [0, 0.05) is 31.1 Å². The maximum atomic E-state index is 11.3. The van der Waals surface area contributed by atoms with E-state index < -0.39 is 10.5 Å². The summed E-state index contributed by atoms with van der Waals surface area (Å²) in [5.74, 6) is 0. The molecule has 2 aliphatic rings. The largest absolute Gasteiger partial charge is 0.314 e. The number of fused-ring (bicyclic) bond motifs is 1. The Balaban J connectivity index is 0.00000176. The molecule has 0 bridgehead atoms. The van der Waals surface area contributed by atoms with Crippen LogP contribution < -0.4 is 5.32 Å². The molecule has 1 saturated heterocycles. The normalized spacial score (nSPS) is 21.2. The molecule has 3 rings (SSSR count). The average molecular weight is 339 g/mol. The van der Waals surface area contributed by atoms with Crippen molar-refractivity contribution in [1.82, 2.24) is 10.2 Å². The van der Waals surface area contributed by atoms with E-state index in [1.807, 2.05) is 6.07 Å². The number of piperazine rings is 1. The van der Waals surface area contributed by atoms with Crippen LogP contribution in [-0.4, -0.2) is 42.9 Å². The standard InChI is InChI=1S/C17H22N2OS.ClH/c1-14-15(6-4-10-19-11-8-18-9-12-19)16-5-2-3-7-17(16)21(14)13-20;/h2-3,5,7,18H,4,6,8-12H2,1H3;1H. The van der Waals surface area contributed by atoms with Gasteiger partial charge in [-0.1, -0.05) is 18.2 Å². The van der Waals surface area contributed by atoms with Gasteiger partial charge >= 0.3 is 0 Å². The molecule has 1 unspecified atom stereocenters. The minimum atomic E-state index is -0.442. The fourth-order valence-electron chi connectivity index (χ4n) is 3.20. The van der Waals surface area contributed by atoms with Crippen LogP contribution in [0, 0.1) is 0 Å². The number of rotatable bonds is 4. The lowest BCUT2D eigenvalue weighted by molar-refractivity contribution is 0.239. The Labute approximate surface area is 141 Å². The summed E-state index contributed by atoms with van der Waals surface area (Å²) in [7, 11) is -0.442. The van der Waals surface area contributed by atoms with E-state index in [0.717, 1.165) is 45.6 Å². The van der Waals surface area contributed by atoms with Gasteiger partial charge in [-0.05, 0) is 58.9 Å². The second-order valence-corrected chi connectivity index (χ2v) is 7.45. The molecule has 1 atom stereocenters. The van der Waals surface area contributed by atoms with Crippen LogP contribution in [0.1, 0.15) is 25.3 Å². The summed E-state index contributed by atoms with van der Waals surface area (Å²) in [6.45, 7) is 7.78. The van der Waals surface area contributed by atoms with Gasteiger partial charge in [0.15, 0.2) is 5.23 Å². The molecule has 3 nitrogen and oxygen atoms in total. The number of allylic oxidation sites excluding steroid dienone is 2. The third-order valence-corrected chi connectivity index (χ3v) is 6.18. The molecule has 0 aliphatic carbocycles. The van der Waals surface area contributed by atoms with Gasteiger partial charge in [0.2, 0.25) is 0 Å². The number of nitrogens with zero attached hydrogens (tertiary/aromatic N) is 1. The van der Waals surface area contributed by atoms with E-state index in [9.17, 15) is 4.79 Å². The Morgan fingerprint density at radius 2 is 2.00 bits per heavy atom. The number of hydrogen-bond acceptors (Lipinski definition) is 3. The first-order chi connectivity index (χ1) is 10.3. The molecule has 120 valence electrons. The van der Waals surface area contributed by atoms with Crippen molar-refractivity contribution in [2.75, 3.05) is 32.7 Å². The van der Waals surface area contributed by atoms with Crippen LogP contribution in [0.3, 0.4) is 0 Å². The van der Waals surface area contributed by atoms with Crippen molar-refractivity contribution in [3.63, 3.8) is 0 Å². The molecular formula is C17H23ClN2OS. The van der Waals surface area contributed by atoms with Crippen LogP contribution in [0.5, 0.6) is 0 Å². The Bertz CT molecular complexity index is 617. The summed E-state index contributed by atoms with van der Waals surface area (Å²) >= 11 is 0. The lowest BCUT2D eigenvalue weighted by atomic mass is 10.0. The van der Waals surface area contributed by atoms with E-state index in [1.54, 1.807) is 0 Å². The molecule has 0 amide bonds. The minimum absolute atomic E-state index is 0. The molecule has 1 N–H and O–H groups in total. The molecule has 22 heavy (non-hydrogen) atoms. The molecule has 1 fully saturated rings. The smallest absolute Gasteiger partial charge is 0.165 e. The summed E-state index contributed by atoms with van der Waals surface area (Å²) in [4.78, 5) is 16.2. The van der Waals surface area contributed by atoms with Gasteiger partial charge in [-0.3, -0.25) is 0 Å². The van der Waals surface area contributed by atoms with Crippen LogP contribution >= 0.6 is 22.9 Å². The van der Waals surface area contributed by atoms with Crippen LogP contribution in [0.4, 0.5) is 0 Å². The predicted molar refractivity (Wildman–Crippen MR) is 96.4 cm³/mol. The summed E-state index contributed by atoms with van der Waals surface area (Å²) < 4.78 is 0. The summed E-state index contributed by atoms with van der Waals surface area (Å²) in [6.07, 6.45) is 2.23. The zero-order valence-electron chi connectivity index (χ0n) is 12.9. The third-order valence-electron chi connectivity index (χ3n) is 4.36. The van der Waals surface area contributed by atoms with Gasteiger partial charge < -0.3 is 10.2 Å². The molecule has 0 aromatic heterocycles. The van der Waals surface area contributed by atoms with Crippen molar-refractivity contribution in [3.05, 3.63) is 34.7 Å². The molecule has 1 aromatic rings. The molecule has 2 heterocycles. The number of hydrogen-bond donors (Lipinski definition) is 1. The van der Waals surface area contributed by atoms with Gasteiger partial charge in [0.1, 0.15) is 0 Å². The number of carbonyl (C=O) groups excluding carboxylic acids is 1. The quantitative estimate of drug-likeness (QED) is 0.855. The zero-order chi connectivity index (χ0) is 14.7. The van der Waals surface area contributed by atoms with Crippen molar-refractivity contribution in [1.29, 1.82) is 0 Å². The van der Waals surface area contributed by atoms with Crippen molar-refractivity contribution >= 4 is 33.7 Å². The first-order valence-corrected chi connectivity index (χ1v) is 8.88. The highest BCUT2D eigenvalue weighted by atomic mass is 35.5. The summed E-state index contributed by atoms with van der Waals surface area (Å²) in [5, 5.41) is 5.63. The van der Waals surface area contributed by atoms with Crippen LogP contribution in [-0.2, 0) is 4.79 Å². The van der Waals surface area contributed by atoms with E-state index in [-0.39, 0.29) is 12.4 Å². The highest BCUT2D eigenvalue weighted by molar-refractivity contribution is 8.18. The fourth-order valence-corrected chi connectivity index (χ4v) is 4.83. The van der Waals surface area contributed by atoms with Gasteiger partial charge in [0.05, 0.1) is 0 Å². The lowest BCUT2D eigenvalue weighted by Crippen LogP contribution is -2.43. The molecule has 1 aromatic carbocycles. The number of benzene rings is 1. The van der Waals surface area contributed by atoms with Gasteiger partial charge in [-0.2, -0.15) is 0 Å². The van der Waals surface area contributed by atoms with Crippen LogP contribution in [0.25, 0.3) is 5.57 Å². The number of halogens is 1. The van der Waals surface area contributed by atoms with Crippen molar-refractivity contribution < 1.29 is 4.79 Å². The zero-order valence-corrected chi connectivity index (χ0v) is 14.6. The second kappa shape index (κ2) is 8.09. The molecule has 0 radical (unpaired) electrons. The Morgan fingerprint density at radius 3 is 2.73 bits per heavy atom. The topological polar surface area (TPSA) is 32.3 Å². The molecule has 5 heteroatoms. The monoisotopic (exact) mass is 338 g/mol. The van der Waals surface area contributed by atoms with Gasteiger partial charge in [-0.15, -0.1) is 12.4 Å². The highest BCUT2D eigenvalue weighted by Crippen LogP contribution is 2.49. The Hall–Kier alpha value is -0.900. The third kappa shape index (κ3) is 3.53. The fraction of sp³-hybridized carbons (Fsp3) is 0.471. The molecule has 0 saturated carbocycles.